The van der Waals surface area contributed by atoms with Crippen molar-refractivity contribution < 1.29 is 57.2 Å². The molecule has 0 aliphatic heterocycles. The fourth-order valence-corrected chi connectivity index (χ4v) is 3.11. The summed E-state index contributed by atoms with van der Waals surface area (Å²) in [5, 5.41) is 9.32. The summed E-state index contributed by atoms with van der Waals surface area (Å²) in [5.41, 5.74) is -2.04. The molecule has 6 nitrogen and oxygen atoms in total. The Hall–Kier alpha value is 0.340. The molecule has 1 aliphatic rings. The molecule has 0 radical (unpaired) electrons. The zero-order chi connectivity index (χ0) is 14.5. The van der Waals surface area contributed by atoms with E-state index < -0.39 is 27.4 Å². The second-order valence-corrected chi connectivity index (χ2v) is 6.67. The molecule has 1 fully saturated rings. The molecule has 0 aromatic rings. The molecular formula is C12H21NaO6S. The molecule has 0 aromatic heterocycles. The average Bonchev–Trinajstić information content (AvgIpc) is 2.37. The van der Waals surface area contributed by atoms with Gasteiger partial charge in [-0.2, -0.15) is 0 Å². The van der Waals surface area contributed by atoms with Crippen LogP contribution in [-0.4, -0.2) is 36.6 Å². The van der Waals surface area contributed by atoms with Gasteiger partial charge in [0.05, 0.1) is 13.0 Å². The first kappa shape index (κ1) is 20.3. The van der Waals surface area contributed by atoms with Crippen molar-refractivity contribution in [2.75, 3.05) is 7.11 Å². The first-order valence-corrected chi connectivity index (χ1v) is 8.02. The fourth-order valence-electron chi connectivity index (χ4n) is 2.64. The molecule has 20 heavy (non-hydrogen) atoms. The molecule has 2 atom stereocenters. The fraction of sp³-hybridized carbons (Fsp3) is 0.917. The Labute approximate surface area is 142 Å². The number of aliphatic hydroxyl groups is 1. The van der Waals surface area contributed by atoms with Crippen LogP contribution in [0.1, 0.15) is 44.9 Å². The summed E-state index contributed by atoms with van der Waals surface area (Å²) in [7, 11) is -3.57. The van der Waals surface area contributed by atoms with Gasteiger partial charge in [-0.05, 0) is 18.8 Å². The van der Waals surface area contributed by atoms with Gasteiger partial charge in [0.15, 0.2) is 0 Å². The van der Waals surface area contributed by atoms with Crippen LogP contribution in [0.4, 0.5) is 0 Å². The molecule has 2 unspecified atom stereocenters. The van der Waals surface area contributed by atoms with Crippen molar-refractivity contribution in [3.05, 3.63) is 0 Å². The van der Waals surface area contributed by atoms with Crippen LogP contribution in [0.3, 0.4) is 0 Å². The summed E-state index contributed by atoms with van der Waals surface area (Å²) >= 11 is 0. The summed E-state index contributed by atoms with van der Waals surface area (Å²) in [6.45, 7) is 0. The molecular weight excluding hydrogens is 295 g/mol. The van der Waals surface area contributed by atoms with Gasteiger partial charge < -0.3 is 14.4 Å². The quantitative estimate of drug-likeness (QED) is 0.345. The van der Waals surface area contributed by atoms with Crippen molar-refractivity contribution in [1.29, 1.82) is 0 Å². The Morgan fingerprint density at radius 3 is 2.35 bits per heavy atom. The minimum absolute atomic E-state index is 0. The number of methoxy groups -OCH3 is 1. The smallest absolute Gasteiger partial charge is 0.746 e. The third kappa shape index (κ3) is 6.87. The van der Waals surface area contributed by atoms with E-state index in [1.165, 1.54) is 13.5 Å². The van der Waals surface area contributed by atoms with Crippen molar-refractivity contribution in [2.45, 2.75) is 50.4 Å². The number of rotatable bonds is 6. The van der Waals surface area contributed by atoms with Crippen molar-refractivity contribution in [3.8, 4) is 0 Å². The third-order valence-electron chi connectivity index (χ3n) is 3.70. The van der Waals surface area contributed by atoms with Crippen LogP contribution in [0.5, 0.6) is 0 Å². The zero-order valence-corrected chi connectivity index (χ0v) is 14.9. The van der Waals surface area contributed by atoms with E-state index in [0.29, 0.717) is 12.3 Å². The molecule has 0 heterocycles. The van der Waals surface area contributed by atoms with Crippen molar-refractivity contribution in [1.82, 2.24) is 0 Å². The zero-order valence-electron chi connectivity index (χ0n) is 12.1. The summed E-state index contributed by atoms with van der Waals surface area (Å²) in [6.07, 6.45) is 5.45. The van der Waals surface area contributed by atoms with Crippen LogP contribution in [0.25, 0.3) is 0 Å². The Morgan fingerprint density at radius 2 is 1.90 bits per heavy atom. The van der Waals surface area contributed by atoms with E-state index in [9.17, 15) is 22.9 Å². The molecule has 8 heteroatoms. The minimum Gasteiger partial charge on any atom is -0.746 e. The van der Waals surface area contributed by atoms with Crippen LogP contribution in [0, 0.1) is 11.8 Å². The number of hydrogen-bond donors (Lipinski definition) is 1. The average molecular weight is 316 g/mol. The first-order valence-electron chi connectivity index (χ1n) is 6.55. The Bertz CT molecular complexity index is 391. The number of carbonyl (C=O) groups excluding carboxylic acids is 1. The number of aliphatic hydroxyl groups excluding tert-OH is 1. The molecule has 1 aliphatic carbocycles. The molecule has 1 N–H and O–H groups in total. The molecule has 112 valence electrons. The summed E-state index contributed by atoms with van der Waals surface area (Å²) < 4.78 is 36.8. The van der Waals surface area contributed by atoms with Gasteiger partial charge in [-0.3, -0.25) is 4.79 Å². The molecule has 0 bridgehead atoms. The first-order chi connectivity index (χ1) is 8.84. The number of esters is 1. The maximum Gasteiger partial charge on any atom is 1.00 e. The van der Waals surface area contributed by atoms with E-state index in [2.05, 4.69) is 4.74 Å². The SMILES string of the molecule is COC(=O)C(CC1CCCCC1)CC(O)S(=O)(=O)[O-].[Na+]. The molecule has 0 amide bonds. The van der Waals surface area contributed by atoms with E-state index in [-0.39, 0.29) is 36.0 Å². The van der Waals surface area contributed by atoms with Gasteiger partial charge in [-0.25, -0.2) is 8.42 Å². The van der Waals surface area contributed by atoms with Crippen LogP contribution in [-0.2, 0) is 19.6 Å². The van der Waals surface area contributed by atoms with E-state index in [4.69, 9.17) is 0 Å². The summed E-state index contributed by atoms with van der Waals surface area (Å²) in [4.78, 5) is 11.6. The van der Waals surface area contributed by atoms with E-state index in [0.717, 1.165) is 25.7 Å². The Kier molecular flexibility index (Phi) is 9.54. The van der Waals surface area contributed by atoms with Crippen molar-refractivity contribution in [2.24, 2.45) is 11.8 Å². The minimum atomic E-state index is -4.78. The molecule has 0 aromatic carbocycles. The van der Waals surface area contributed by atoms with Gasteiger partial charge in [0, 0.05) is 0 Å². The standard InChI is InChI=1S/C12H22O6S.Na/c1-18-12(14)10(8-11(13)19(15,16)17)7-9-5-3-2-4-6-9;/h9-11,13H,2-8H2,1H3,(H,15,16,17);/q;+1/p-1. The number of hydrogen-bond acceptors (Lipinski definition) is 6. The van der Waals surface area contributed by atoms with Crippen LogP contribution in [0.2, 0.25) is 0 Å². The van der Waals surface area contributed by atoms with Crippen molar-refractivity contribution >= 4 is 16.1 Å². The van der Waals surface area contributed by atoms with Crippen LogP contribution < -0.4 is 29.6 Å². The maximum atomic E-state index is 11.6. The van der Waals surface area contributed by atoms with E-state index in [1.807, 2.05) is 0 Å². The summed E-state index contributed by atoms with van der Waals surface area (Å²) in [6, 6.07) is 0. The van der Waals surface area contributed by atoms with Gasteiger partial charge in [0.25, 0.3) is 0 Å². The van der Waals surface area contributed by atoms with Gasteiger partial charge in [-0.15, -0.1) is 0 Å². The molecule has 1 rings (SSSR count). The van der Waals surface area contributed by atoms with Crippen LogP contribution in [0.15, 0.2) is 0 Å². The number of ether oxygens (including phenoxy) is 1. The number of carbonyl (C=O) groups is 1. The van der Waals surface area contributed by atoms with E-state index >= 15 is 0 Å². The van der Waals surface area contributed by atoms with Gasteiger partial charge >= 0.3 is 35.5 Å². The topological polar surface area (TPSA) is 104 Å². The summed E-state index contributed by atoms with van der Waals surface area (Å²) in [5.74, 6) is -0.959. The predicted molar refractivity (Wildman–Crippen MR) is 67.0 cm³/mol. The van der Waals surface area contributed by atoms with Crippen molar-refractivity contribution in [3.63, 3.8) is 0 Å². The van der Waals surface area contributed by atoms with Crippen LogP contribution >= 0.6 is 0 Å². The largest absolute Gasteiger partial charge is 1.00 e. The maximum absolute atomic E-state index is 11.6. The molecule has 1 saturated carbocycles. The second kappa shape index (κ2) is 9.38. The normalized spacial score (nSPS) is 19.8. The molecule has 0 spiro atoms. The van der Waals surface area contributed by atoms with Gasteiger partial charge in [0.1, 0.15) is 15.6 Å². The van der Waals surface area contributed by atoms with Gasteiger partial charge in [-0.1, -0.05) is 32.1 Å². The monoisotopic (exact) mass is 316 g/mol. The third-order valence-corrected chi connectivity index (χ3v) is 4.56. The second-order valence-electron chi connectivity index (χ2n) is 5.14. The molecule has 0 saturated heterocycles. The Morgan fingerprint density at radius 1 is 1.35 bits per heavy atom. The van der Waals surface area contributed by atoms with Gasteiger partial charge in [0.2, 0.25) is 0 Å². The Balaban J connectivity index is 0.00000361. The predicted octanol–water partition coefficient (Wildman–Crippen LogP) is -2.00. The van der Waals surface area contributed by atoms with E-state index in [1.54, 1.807) is 0 Å².